The number of carbonyl (C=O) groups excluding carboxylic acids is 1. The molecule has 0 aliphatic carbocycles. The van der Waals surface area contributed by atoms with Crippen molar-refractivity contribution in [1.29, 1.82) is 0 Å². The molecule has 1 fully saturated rings. The highest BCUT2D eigenvalue weighted by Gasteiger charge is 2.16. The van der Waals surface area contributed by atoms with Crippen molar-refractivity contribution in [3.63, 3.8) is 0 Å². The number of urea groups is 1. The average Bonchev–Trinajstić information content (AvgIpc) is 3.17. The number of rotatable bonds is 7. The lowest BCUT2D eigenvalue weighted by Crippen LogP contribution is -2.32. The molecule has 1 aromatic carbocycles. The van der Waals surface area contributed by atoms with Gasteiger partial charge in [-0.25, -0.2) is 4.79 Å². The van der Waals surface area contributed by atoms with Gasteiger partial charge in [0, 0.05) is 32.1 Å². The Hall–Kier alpha value is -2.60. The largest absolute Gasteiger partial charge is 0.456 e. The molecule has 1 atom stereocenters. The molecule has 1 aromatic heterocycles. The second-order valence-corrected chi connectivity index (χ2v) is 6.44. The molecule has 1 aliphatic heterocycles. The molecule has 1 N–H and O–H groups in total. The summed E-state index contributed by atoms with van der Waals surface area (Å²) < 4.78 is 11.3. The third kappa shape index (κ3) is 5.46. The van der Waals surface area contributed by atoms with Gasteiger partial charge in [-0.2, -0.15) is 0 Å². The zero-order chi connectivity index (χ0) is 18.2. The van der Waals surface area contributed by atoms with E-state index in [1.165, 1.54) is 0 Å². The van der Waals surface area contributed by atoms with Gasteiger partial charge in [0.1, 0.15) is 11.5 Å². The Balaban J connectivity index is 1.43. The number of ether oxygens (including phenoxy) is 2. The predicted octanol–water partition coefficient (Wildman–Crippen LogP) is 4.30. The molecule has 138 valence electrons. The number of amides is 2. The van der Waals surface area contributed by atoms with Gasteiger partial charge in [0.15, 0.2) is 0 Å². The Kier molecular flexibility index (Phi) is 6.44. The van der Waals surface area contributed by atoms with Gasteiger partial charge in [0.05, 0.1) is 12.3 Å². The smallest absolute Gasteiger partial charge is 0.321 e. The molecule has 2 amide bonds. The van der Waals surface area contributed by atoms with E-state index in [0.717, 1.165) is 38.0 Å². The highest BCUT2D eigenvalue weighted by Crippen LogP contribution is 2.22. The van der Waals surface area contributed by atoms with Gasteiger partial charge in [-0.1, -0.05) is 0 Å². The minimum absolute atomic E-state index is 0.113. The summed E-state index contributed by atoms with van der Waals surface area (Å²) in [5.74, 6) is 1.37. The predicted molar refractivity (Wildman–Crippen MR) is 101 cm³/mol. The lowest BCUT2D eigenvalue weighted by molar-refractivity contribution is 0.101. The maximum Gasteiger partial charge on any atom is 0.321 e. The van der Waals surface area contributed by atoms with Crippen molar-refractivity contribution in [3.8, 4) is 11.5 Å². The van der Waals surface area contributed by atoms with Crippen molar-refractivity contribution in [2.24, 2.45) is 0 Å². The van der Waals surface area contributed by atoms with Crippen LogP contribution >= 0.6 is 0 Å². The van der Waals surface area contributed by atoms with E-state index in [-0.39, 0.29) is 6.03 Å². The first-order chi connectivity index (χ1) is 12.7. The molecular weight excluding hydrogens is 330 g/mol. The molecule has 2 heterocycles. The zero-order valence-electron chi connectivity index (χ0n) is 15.1. The first-order valence-electron chi connectivity index (χ1n) is 9.02. The third-order valence-corrected chi connectivity index (χ3v) is 4.37. The van der Waals surface area contributed by atoms with E-state index in [1.807, 2.05) is 43.4 Å². The molecule has 1 saturated heterocycles. The molecule has 6 nitrogen and oxygen atoms in total. The van der Waals surface area contributed by atoms with Crippen LogP contribution in [0.3, 0.4) is 0 Å². The van der Waals surface area contributed by atoms with Crippen molar-refractivity contribution in [2.75, 3.05) is 25.5 Å². The quantitative estimate of drug-likeness (QED) is 0.804. The van der Waals surface area contributed by atoms with Crippen molar-refractivity contribution < 1.29 is 14.3 Å². The molecule has 26 heavy (non-hydrogen) atoms. The summed E-state index contributed by atoms with van der Waals surface area (Å²) in [5, 5.41) is 2.90. The molecule has 6 heteroatoms. The van der Waals surface area contributed by atoms with Gasteiger partial charge in [0.2, 0.25) is 0 Å². The molecule has 0 bridgehead atoms. The van der Waals surface area contributed by atoms with Crippen LogP contribution in [0.15, 0.2) is 48.8 Å². The highest BCUT2D eigenvalue weighted by molar-refractivity contribution is 5.89. The molecule has 0 unspecified atom stereocenters. The van der Waals surface area contributed by atoms with Crippen LogP contribution in [-0.2, 0) is 4.74 Å². The number of aromatic nitrogens is 1. The Morgan fingerprint density at radius 2 is 2.15 bits per heavy atom. The van der Waals surface area contributed by atoms with E-state index >= 15 is 0 Å². The molecular formula is C20H25N3O3. The summed E-state index contributed by atoms with van der Waals surface area (Å²) in [6, 6.07) is 10.8. The number of nitrogens with zero attached hydrogens (tertiary/aromatic N) is 2. The molecule has 2 aromatic rings. The monoisotopic (exact) mass is 355 g/mol. The average molecular weight is 355 g/mol. The lowest BCUT2D eigenvalue weighted by atomic mass is 10.1. The van der Waals surface area contributed by atoms with Crippen molar-refractivity contribution >= 4 is 11.7 Å². The fraction of sp³-hybridized carbons (Fsp3) is 0.400. The molecule has 0 saturated carbocycles. The van der Waals surface area contributed by atoms with Gasteiger partial charge in [-0.15, -0.1) is 0 Å². The van der Waals surface area contributed by atoms with E-state index < -0.39 is 0 Å². The third-order valence-electron chi connectivity index (χ3n) is 4.37. The summed E-state index contributed by atoms with van der Waals surface area (Å²) in [5.41, 5.74) is 0.736. The topological polar surface area (TPSA) is 63.7 Å². The Bertz CT molecular complexity index is 685. The van der Waals surface area contributed by atoms with E-state index in [9.17, 15) is 4.79 Å². The Labute approximate surface area is 154 Å². The number of pyridine rings is 1. The van der Waals surface area contributed by atoms with Crippen LogP contribution in [-0.4, -0.2) is 42.2 Å². The summed E-state index contributed by atoms with van der Waals surface area (Å²) >= 11 is 0. The summed E-state index contributed by atoms with van der Waals surface area (Å²) in [6.07, 6.45) is 7.98. The van der Waals surface area contributed by atoms with E-state index in [0.29, 0.717) is 24.1 Å². The normalized spacial score (nSPS) is 16.3. The number of anilines is 1. The molecule has 1 aliphatic rings. The highest BCUT2D eigenvalue weighted by atomic mass is 16.5. The number of carbonyl (C=O) groups is 1. The lowest BCUT2D eigenvalue weighted by Gasteiger charge is -2.19. The van der Waals surface area contributed by atoms with Gasteiger partial charge < -0.3 is 19.7 Å². The van der Waals surface area contributed by atoms with Gasteiger partial charge in [-0.05, 0) is 62.1 Å². The fourth-order valence-corrected chi connectivity index (χ4v) is 2.90. The van der Waals surface area contributed by atoms with Crippen LogP contribution in [0.25, 0.3) is 0 Å². The van der Waals surface area contributed by atoms with Crippen LogP contribution in [0.1, 0.15) is 25.7 Å². The van der Waals surface area contributed by atoms with E-state index in [1.54, 1.807) is 17.3 Å². The van der Waals surface area contributed by atoms with Crippen LogP contribution in [0.4, 0.5) is 10.5 Å². The summed E-state index contributed by atoms with van der Waals surface area (Å²) in [7, 11) is 1.81. The van der Waals surface area contributed by atoms with Crippen molar-refractivity contribution in [3.05, 3.63) is 48.8 Å². The van der Waals surface area contributed by atoms with Crippen molar-refractivity contribution in [1.82, 2.24) is 9.88 Å². The van der Waals surface area contributed by atoms with Crippen LogP contribution in [0.2, 0.25) is 0 Å². The fourth-order valence-electron chi connectivity index (χ4n) is 2.90. The van der Waals surface area contributed by atoms with Crippen molar-refractivity contribution in [2.45, 2.75) is 31.8 Å². The number of hydrogen-bond acceptors (Lipinski definition) is 4. The van der Waals surface area contributed by atoms with E-state index in [4.69, 9.17) is 9.47 Å². The number of hydrogen-bond donors (Lipinski definition) is 1. The van der Waals surface area contributed by atoms with Crippen LogP contribution < -0.4 is 10.1 Å². The van der Waals surface area contributed by atoms with E-state index in [2.05, 4.69) is 10.3 Å². The Morgan fingerprint density at radius 1 is 1.31 bits per heavy atom. The second kappa shape index (κ2) is 9.20. The zero-order valence-corrected chi connectivity index (χ0v) is 15.1. The van der Waals surface area contributed by atoms with Crippen LogP contribution in [0.5, 0.6) is 11.5 Å². The minimum Gasteiger partial charge on any atom is -0.456 e. The summed E-state index contributed by atoms with van der Waals surface area (Å²) in [6.45, 7) is 1.59. The number of nitrogens with one attached hydrogen (secondary N) is 1. The molecule has 3 rings (SSSR count). The first kappa shape index (κ1) is 18.2. The Morgan fingerprint density at radius 3 is 2.85 bits per heavy atom. The molecule has 0 spiro atoms. The maximum absolute atomic E-state index is 12.3. The van der Waals surface area contributed by atoms with Crippen LogP contribution in [0, 0.1) is 0 Å². The van der Waals surface area contributed by atoms with Gasteiger partial charge in [-0.3, -0.25) is 4.98 Å². The molecule has 0 radical (unpaired) electrons. The van der Waals surface area contributed by atoms with Gasteiger partial charge in [0.25, 0.3) is 0 Å². The first-order valence-corrected chi connectivity index (χ1v) is 9.02. The standard InChI is InChI=1S/C20H25N3O3/c1-23(13-3-6-17-7-4-14-25-17)20(24)22-16-8-10-18(11-9-16)26-19-5-2-12-21-15-19/h2,5,8-12,15,17H,3-4,6-7,13-14H2,1H3,(H,22,24)/t17-/m1/s1. The SMILES string of the molecule is CN(CCC[C@@H]1CCCO1)C(=O)Nc1ccc(Oc2cccnc2)cc1. The maximum atomic E-state index is 12.3. The summed E-state index contributed by atoms with van der Waals surface area (Å²) in [4.78, 5) is 18.0. The second-order valence-electron chi connectivity index (χ2n) is 6.44. The number of benzene rings is 1. The van der Waals surface area contributed by atoms with Gasteiger partial charge >= 0.3 is 6.03 Å². The minimum atomic E-state index is -0.113.